The first-order valence-electron chi connectivity index (χ1n) is 8.13. The minimum atomic E-state index is 0.201. The molecule has 0 radical (unpaired) electrons. The maximum absolute atomic E-state index is 6.55. The van der Waals surface area contributed by atoms with E-state index in [1.165, 1.54) is 35.6 Å². The summed E-state index contributed by atoms with van der Waals surface area (Å²) in [7, 11) is 0. The summed E-state index contributed by atoms with van der Waals surface area (Å²) in [5.74, 6) is 0. The van der Waals surface area contributed by atoms with Crippen molar-refractivity contribution < 1.29 is 0 Å². The second kappa shape index (κ2) is 6.54. The Morgan fingerprint density at radius 1 is 1.24 bits per heavy atom. The van der Waals surface area contributed by atoms with Gasteiger partial charge in [-0.05, 0) is 43.3 Å². The Labute approximate surface area is 127 Å². The molecular weight excluding hydrogens is 258 g/mol. The Balaban J connectivity index is 2.07. The van der Waals surface area contributed by atoms with Gasteiger partial charge in [0.05, 0.1) is 6.04 Å². The number of hydrogen-bond donors (Lipinski definition) is 1. The quantitative estimate of drug-likeness (QED) is 0.937. The molecule has 2 atom stereocenters. The number of nitrogens with zero attached hydrogens (tertiary/aromatic N) is 2. The summed E-state index contributed by atoms with van der Waals surface area (Å²) in [6.07, 6.45) is 8.74. The van der Waals surface area contributed by atoms with Gasteiger partial charge < -0.3 is 5.73 Å². The third-order valence-corrected chi connectivity index (χ3v) is 4.56. The normalized spacial score (nSPS) is 24.1. The summed E-state index contributed by atoms with van der Waals surface area (Å²) in [5, 5.41) is 2.51. The van der Waals surface area contributed by atoms with Crippen molar-refractivity contribution in [2.24, 2.45) is 5.73 Å². The Kier molecular flexibility index (Phi) is 4.51. The van der Waals surface area contributed by atoms with E-state index in [-0.39, 0.29) is 6.04 Å². The van der Waals surface area contributed by atoms with Crippen LogP contribution in [-0.4, -0.2) is 29.0 Å². The lowest BCUT2D eigenvalue weighted by Crippen LogP contribution is -2.40. The molecular formula is C18H25N3. The number of hydrogen-bond acceptors (Lipinski definition) is 3. The lowest BCUT2D eigenvalue weighted by Gasteiger charge is -2.34. The Hall–Kier alpha value is -1.45. The second-order valence-electron chi connectivity index (χ2n) is 6.09. The Bertz CT molecular complexity index is 591. The molecule has 3 nitrogen and oxygen atoms in total. The van der Waals surface area contributed by atoms with E-state index in [1.54, 1.807) is 0 Å². The standard InChI is InChI=1S/C18H25N3/c1-2-10-21-11-6-5-9-17(19)18(21)16-13-20-12-14-7-3-4-8-15(14)16/h3-4,7-8,12-13,17-18H,2,5-6,9-11,19H2,1H3. The van der Waals surface area contributed by atoms with Gasteiger partial charge in [0.15, 0.2) is 0 Å². The van der Waals surface area contributed by atoms with Crippen molar-refractivity contribution in [1.29, 1.82) is 0 Å². The van der Waals surface area contributed by atoms with Crippen LogP contribution in [0.4, 0.5) is 0 Å². The minimum absolute atomic E-state index is 0.201. The van der Waals surface area contributed by atoms with Gasteiger partial charge in [-0.1, -0.05) is 37.6 Å². The average molecular weight is 283 g/mol. The first-order chi connectivity index (χ1) is 10.3. The van der Waals surface area contributed by atoms with Crippen molar-refractivity contribution in [3.8, 4) is 0 Å². The fourth-order valence-electron chi connectivity index (χ4n) is 3.60. The van der Waals surface area contributed by atoms with E-state index in [0.717, 1.165) is 19.5 Å². The number of pyridine rings is 1. The van der Waals surface area contributed by atoms with E-state index in [4.69, 9.17) is 5.73 Å². The molecule has 1 aliphatic heterocycles. The molecule has 2 heterocycles. The molecule has 0 amide bonds. The number of rotatable bonds is 3. The van der Waals surface area contributed by atoms with Crippen LogP contribution in [0.1, 0.15) is 44.2 Å². The summed E-state index contributed by atoms with van der Waals surface area (Å²) in [6, 6.07) is 9.02. The van der Waals surface area contributed by atoms with Crippen LogP contribution in [0.15, 0.2) is 36.7 Å². The van der Waals surface area contributed by atoms with Gasteiger partial charge in [0.1, 0.15) is 0 Å². The van der Waals surface area contributed by atoms with Crippen LogP contribution >= 0.6 is 0 Å². The van der Waals surface area contributed by atoms with Crippen molar-refractivity contribution in [3.63, 3.8) is 0 Å². The predicted molar refractivity (Wildman–Crippen MR) is 88.2 cm³/mol. The van der Waals surface area contributed by atoms with E-state index >= 15 is 0 Å². The van der Waals surface area contributed by atoms with Crippen LogP contribution in [0.2, 0.25) is 0 Å². The number of fused-ring (bicyclic) bond motifs is 1. The summed E-state index contributed by atoms with van der Waals surface area (Å²) in [4.78, 5) is 7.04. The summed E-state index contributed by atoms with van der Waals surface area (Å²) < 4.78 is 0. The third-order valence-electron chi connectivity index (χ3n) is 4.56. The zero-order valence-electron chi connectivity index (χ0n) is 12.8. The van der Waals surface area contributed by atoms with Crippen LogP contribution in [0.5, 0.6) is 0 Å². The molecule has 1 aromatic carbocycles. The van der Waals surface area contributed by atoms with Gasteiger partial charge >= 0.3 is 0 Å². The van der Waals surface area contributed by atoms with Crippen molar-refractivity contribution >= 4 is 10.8 Å². The SMILES string of the molecule is CCCN1CCCCC(N)C1c1cncc2ccccc12. The van der Waals surface area contributed by atoms with E-state index in [1.807, 2.05) is 12.4 Å². The molecule has 0 bridgehead atoms. The van der Waals surface area contributed by atoms with Crippen molar-refractivity contribution in [2.45, 2.75) is 44.7 Å². The fourth-order valence-corrected chi connectivity index (χ4v) is 3.60. The lowest BCUT2D eigenvalue weighted by molar-refractivity contribution is 0.186. The van der Waals surface area contributed by atoms with Crippen LogP contribution in [0.3, 0.4) is 0 Å². The fraction of sp³-hybridized carbons (Fsp3) is 0.500. The van der Waals surface area contributed by atoms with Gasteiger partial charge in [0, 0.05) is 23.8 Å². The van der Waals surface area contributed by atoms with Crippen LogP contribution in [-0.2, 0) is 0 Å². The van der Waals surface area contributed by atoms with Gasteiger partial charge in [-0.25, -0.2) is 0 Å². The lowest BCUT2D eigenvalue weighted by atomic mass is 9.93. The minimum Gasteiger partial charge on any atom is -0.326 e. The topological polar surface area (TPSA) is 42.1 Å². The van der Waals surface area contributed by atoms with Gasteiger partial charge in [0.2, 0.25) is 0 Å². The molecule has 0 saturated carbocycles. The molecule has 2 unspecified atom stereocenters. The molecule has 1 aromatic heterocycles. The highest BCUT2D eigenvalue weighted by molar-refractivity contribution is 5.85. The maximum atomic E-state index is 6.55. The zero-order chi connectivity index (χ0) is 14.7. The number of benzene rings is 1. The van der Waals surface area contributed by atoms with Crippen molar-refractivity contribution in [2.75, 3.05) is 13.1 Å². The summed E-state index contributed by atoms with van der Waals surface area (Å²) in [5.41, 5.74) is 7.86. The molecule has 3 heteroatoms. The van der Waals surface area contributed by atoms with Gasteiger partial charge in [-0.15, -0.1) is 0 Å². The zero-order valence-corrected chi connectivity index (χ0v) is 12.8. The third kappa shape index (κ3) is 2.94. The highest BCUT2D eigenvalue weighted by Gasteiger charge is 2.29. The molecule has 2 aromatic rings. The average Bonchev–Trinajstić information content (AvgIpc) is 2.69. The van der Waals surface area contributed by atoms with E-state index < -0.39 is 0 Å². The Morgan fingerprint density at radius 3 is 2.95 bits per heavy atom. The molecule has 21 heavy (non-hydrogen) atoms. The molecule has 1 aliphatic rings. The second-order valence-corrected chi connectivity index (χ2v) is 6.09. The summed E-state index contributed by atoms with van der Waals surface area (Å²) in [6.45, 7) is 4.51. The molecule has 1 saturated heterocycles. The highest BCUT2D eigenvalue weighted by Crippen LogP contribution is 2.33. The predicted octanol–water partition coefficient (Wildman–Crippen LogP) is 3.50. The van der Waals surface area contributed by atoms with Crippen molar-refractivity contribution in [1.82, 2.24) is 9.88 Å². The van der Waals surface area contributed by atoms with Crippen molar-refractivity contribution in [3.05, 3.63) is 42.2 Å². The molecule has 2 N–H and O–H groups in total. The Morgan fingerprint density at radius 2 is 2.10 bits per heavy atom. The molecule has 3 rings (SSSR count). The first kappa shape index (κ1) is 14.5. The number of aromatic nitrogens is 1. The smallest absolute Gasteiger partial charge is 0.0520 e. The highest BCUT2D eigenvalue weighted by atomic mass is 15.2. The van der Waals surface area contributed by atoms with E-state index in [2.05, 4.69) is 41.1 Å². The first-order valence-corrected chi connectivity index (χ1v) is 8.13. The van der Waals surface area contributed by atoms with Gasteiger partial charge in [-0.3, -0.25) is 9.88 Å². The molecule has 112 valence electrons. The monoisotopic (exact) mass is 283 g/mol. The number of nitrogens with two attached hydrogens (primary N) is 1. The van der Waals surface area contributed by atoms with Crippen LogP contribution in [0, 0.1) is 0 Å². The van der Waals surface area contributed by atoms with Gasteiger partial charge in [-0.2, -0.15) is 0 Å². The maximum Gasteiger partial charge on any atom is 0.0520 e. The largest absolute Gasteiger partial charge is 0.326 e. The van der Waals surface area contributed by atoms with Gasteiger partial charge in [0.25, 0.3) is 0 Å². The molecule has 0 spiro atoms. The summed E-state index contributed by atoms with van der Waals surface area (Å²) >= 11 is 0. The molecule has 1 fully saturated rings. The van der Waals surface area contributed by atoms with E-state index in [0.29, 0.717) is 6.04 Å². The van der Waals surface area contributed by atoms with Crippen LogP contribution < -0.4 is 5.73 Å². The number of likely N-dealkylation sites (tertiary alicyclic amines) is 1. The van der Waals surface area contributed by atoms with E-state index in [9.17, 15) is 0 Å². The van der Waals surface area contributed by atoms with Crippen LogP contribution in [0.25, 0.3) is 10.8 Å². The molecule has 0 aliphatic carbocycles.